The molecule has 56 valence electrons. The Labute approximate surface area is 61.3 Å². The lowest BCUT2D eigenvalue weighted by atomic mass is 10.0. The highest BCUT2D eigenvalue weighted by atomic mass is 16.5. The van der Waals surface area contributed by atoms with Crippen LogP contribution in [0.15, 0.2) is 11.8 Å². The van der Waals surface area contributed by atoms with E-state index in [1.807, 2.05) is 0 Å². The summed E-state index contributed by atoms with van der Waals surface area (Å²) < 4.78 is 5.64. The van der Waals surface area contributed by atoms with Crippen LogP contribution in [0.4, 0.5) is 0 Å². The molecule has 0 amide bonds. The van der Waals surface area contributed by atoms with Crippen molar-refractivity contribution in [3.63, 3.8) is 0 Å². The van der Waals surface area contributed by atoms with Crippen molar-refractivity contribution in [1.29, 1.82) is 0 Å². The molecule has 2 bridgehead atoms. The molecule has 0 saturated carbocycles. The molecule has 1 N–H and O–H groups in total. The average molecular weight is 139 g/mol. The Bertz CT molecular complexity index is 165. The van der Waals surface area contributed by atoms with Crippen LogP contribution in [-0.4, -0.2) is 18.8 Å². The van der Waals surface area contributed by atoms with E-state index in [9.17, 15) is 0 Å². The maximum absolute atomic E-state index is 5.64. The number of nitrogens with one attached hydrogen (secondary N) is 1. The third-order valence-electron chi connectivity index (χ3n) is 2.11. The minimum Gasteiger partial charge on any atom is -0.388 e. The molecule has 2 rings (SSSR count). The van der Waals surface area contributed by atoms with Crippen LogP contribution in [0.2, 0.25) is 0 Å². The molecule has 1 fully saturated rings. The van der Waals surface area contributed by atoms with Crippen molar-refractivity contribution in [2.45, 2.75) is 32.0 Å². The van der Waals surface area contributed by atoms with Crippen molar-refractivity contribution in [3.8, 4) is 0 Å². The van der Waals surface area contributed by atoms with Crippen LogP contribution >= 0.6 is 0 Å². The minimum absolute atomic E-state index is 0.321. The lowest BCUT2D eigenvalue weighted by Crippen LogP contribution is -2.36. The fraction of sp³-hybridized carbons (Fsp3) is 0.750. The Morgan fingerprint density at radius 3 is 3.40 bits per heavy atom. The van der Waals surface area contributed by atoms with Gasteiger partial charge in [0.2, 0.25) is 0 Å². The summed E-state index contributed by atoms with van der Waals surface area (Å²) in [4.78, 5) is 0. The highest BCUT2D eigenvalue weighted by Gasteiger charge is 2.23. The molecule has 2 aliphatic rings. The normalized spacial score (nSPS) is 38.3. The molecule has 2 atom stereocenters. The second-order valence-electron chi connectivity index (χ2n) is 3.07. The first-order chi connectivity index (χ1) is 4.84. The van der Waals surface area contributed by atoms with Crippen molar-refractivity contribution in [2.75, 3.05) is 6.54 Å². The van der Waals surface area contributed by atoms with E-state index in [-0.39, 0.29) is 0 Å². The monoisotopic (exact) mass is 139 g/mol. The molecule has 2 unspecified atom stereocenters. The number of ether oxygens (including phenoxy) is 1. The zero-order valence-corrected chi connectivity index (χ0v) is 6.26. The SMILES string of the molecule is CC1C=C2CC(CCN2)O1. The number of hydrogen-bond acceptors (Lipinski definition) is 2. The number of hydrogen-bond donors (Lipinski definition) is 1. The third kappa shape index (κ3) is 1.03. The smallest absolute Gasteiger partial charge is 0.0751 e. The summed E-state index contributed by atoms with van der Waals surface area (Å²) in [5.41, 5.74) is 1.38. The average Bonchev–Trinajstić information content (AvgIpc) is 1.85. The molecule has 0 spiro atoms. The van der Waals surface area contributed by atoms with E-state index in [0.29, 0.717) is 12.2 Å². The predicted molar refractivity (Wildman–Crippen MR) is 39.7 cm³/mol. The molecule has 0 aliphatic carbocycles. The lowest BCUT2D eigenvalue weighted by Gasteiger charge is -2.32. The van der Waals surface area contributed by atoms with Gasteiger partial charge in [0.1, 0.15) is 0 Å². The van der Waals surface area contributed by atoms with Gasteiger partial charge in [-0.3, -0.25) is 0 Å². The van der Waals surface area contributed by atoms with Crippen molar-refractivity contribution in [2.24, 2.45) is 0 Å². The molecule has 10 heavy (non-hydrogen) atoms. The molecule has 0 aromatic carbocycles. The number of rotatable bonds is 0. The first kappa shape index (κ1) is 6.23. The van der Waals surface area contributed by atoms with Crippen LogP contribution in [-0.2, 0) is 4.74 Å². The maximum Gasteiger partial charge on any atom is 0.0751 e. The van der Waals surface area contributed by atoms with Crippen LogP contribution in [0.3, 0.4) is 0 Å². The summed E-state index contributed by atoms with van der Waals surface area (Å²) in [7, 11) is 0. The Morgan fingerprint density at radius 2 is 2.60 bits per heavy atom. The van der Waals surface area contributed by atoms with Gasteiger partial charge in [-0.1, -0.05) is 0 Å². The molecule has 0 radical (unpaired) electrons. The number of piperidine rings is 1. The zero-order valence-electron chi connectivity index (χ0n) is 6.26. The summed E-state index contributed by atoms with van der Waals surface area (Å²) in [6, 6.07) is 0. The van der Waals surface area contributed by atoms with E-state index in [1.54, 1.807) is 0 Å². The van der Waals surface area contributed by atoms with Gasteiger partial charge >= 0.3 is 0 Å². The molecular weight excluding hydrogens is 126 g/mol. The second-order valence-corrected chi connectivity index (χ2v) is 3.07. The quantitative estimate of drug-likeness (QED) is 0.541. The van der Waals surface area contributed by atoms with Crippen LogP contribution in [0, 0.1) is 0 Å². The van der Waals surface area contributed by atoms with E-state index in [0.717, 1.165) is 13.0 Å². The van der Waals surface area contributed by atoms with Gasteiger partial charge in [-0.25, -0.2) is 0 Å². The summed E-state index contributed by atoms with van der Waals surface area (Å²) in [6.45, 7) is 3.18. The van der Waals surface area contributed by atoms with Gasteiger partial charge in [0, 0.05) is 18.7 Å². The van der Waals surface area contributed by atoms with Gasteiger partial charge in [0.25, 0.3) is 0 Å². The summed E-state index contributed by atoms with van der Waals surface area (Å²) in [5, 5.41) is 3.36. The number of fused-ring (bicyclic) bond motifs is 2. The molecule has 2 nitrogen and oxygen atoms in total. The molecule has 2 heteroatoms. The van der Waals surface area contributed by atoms with E-state index in [1.165, 1.54) is 12.1 Å². The van der Waals surface area contributed by atoms with Crippen molar-refractivity contribution in [1.82, 2.24) is 5.32 Å². The molecular formula is C8H13NO. The van der Waals surface area contributed by atoms with Gasteiger partial charge in [-0.05, 0) is 19.4 Å². The Morgan fingerprint density at radius 1 is 1.70 bits per heavy atom. The van der Waals surface area contributed by atoms with E-state index in [2.05, 4.69) is 18.3 Å². The van der Waals surface area contributed by atoms with Crippen molar-refractivity contribution in [3.05, 3.63) is 11.8 Å². The Kier molecular flexibility index (Phi) is 1.42. The summed E-state index contributed by atoms with van der Waals surface area (Å²) in [5.74, 6) is 0. The predicted octanol–water partition coefficient (Wildman–Crippen LogP) is 1.04. The minimum atomic E-state index is 0.321. The van der Waals surface area contributed by atoms with Gasteiger partial charge < -0.3 is 10.1 Å². The van der Waals surface area contributed by atoms with E-state index in [4.69, 9.17) is 4.74 Å². The highest BCUT2D eigenvalue weighted by molar-refractivity contribution is 5.10. The van der Waals surface area contributed by atoms with Gasteiger partial charge in [0.05, 0.1) is 12.2 Å². The maximum atomic E-state index is 5.64. The fourth-order valence-corrected chi connectivity index (χ4v) is 1.68. The van der Waals surface area contributed by atoms with Crippen LogP contribution in [0.5, 0.6) is 0 Å². The lowest BCUT2D eigenvalue weighted by molar-refractivity contribution is -0.00136. The second kappa shape index (κ2) is 2.27. The van der Waals surface area contributed by atoms with Crippen LogP contribution < -0.4 is 5.32 Å². The van der Waals surface area contributed by atoms with Gasteiger partial charge in [-0.15, -0.1) is 0 Å². The zero-order chi connectivity index (χ0) is 6.97. The van der Waals surface area contributed by atoms with E-state index < -0.39 is 0 Å². The molecule has 1 saturated heterocycles. The third-order valence-corrected chi connectivity index (χ3v) is 2.11. The van der Waals surface area contributed by atoms with Crippen LogP contribution in [0.25, 0.3) is 0 Å². The highest BCUT2D eigenvalue weighted by Crippen LogP contribution is 2.22. The molecule has 0 aromatic heterocycles. The first-order valence-electron chi connectivity index (χ1n) is 3.94. The fourth-order valence-electron chi connectivity index (χ4n) is 1.68. The summed E-state index contributed by atoms with van der Waals surface area (Å²) >= 11 is 0. The molecule has 2 aliphatic heterocycles. The first-order valence-corrected chi connectivity index (χ1v) is 3.94. The van der Waals surface area contributed by atoms with Gasteiger partial charge in [0.15, 0.2) is 0 Å². The standard InChI is InChI=1S/C8H13NO/c1-6-4-7-5-8(10-6)2-3-9-7/h4,6,8-9H,2-3,5H2,1H3. The summed E-state index contributed by atoms with van der Waals surface area (Å²) in [6.07, 6.45) is 5.26. The van der Waals surface area contributed by atoms with Crippen LogP contribution in [0.1, 0.15) is 19.8 Å². The largest absolute Gasteiger partial charge is 0.388 e. The van der Waals surface area contributed by atoms with Crippen molar-refractivity contribution < 1.29 is 4.74 Å². The Hall–Kier alpha value is -0.500. The van der Waals surface area contributed by atoms with Gasteiger partial charge in [-0.2, -0.15) is 0 Å². The Balaban J connectivity index is 2.15. The molecule has 2 heterocycles. The topological polar surface area (TPSA) is 21.3 Å². The van der Waals surface area contributed by atoms with E-state index >= 15 is 0 Å². The van der Waals surface area contributed by atoms with Crippen molar-refractivity contribution >= 4 is 0 Å². The molecule has 0 aromatic rings.